The molecule has 5 nitrogen and oxygen atoms in total. The molecule has 26 heavy (non-hydrogen) atoms. The first kappa shape index (κ1) is 18.1. The molecule has 1 aromatic carbocycles. The van der Waals surface area contributed by atoms with Crippen LogP contribution in [-0.4, -0.2) is 41.3 Å². The molecule has 0 bridgehead atoms. The Kier molecular flexibility index (Phi) is 5.35. The predicted molar refractivity (Wildman–Crippen MR) is 103 cm³/mol. The molecule has 0 fully saturated rings. The number of carbonyl (C=O) groups excluding carboxylic acids is 2. The van der Waals surface area contributed by atoms with Crippen molar-refractivity contribution < 1.29 is 9.59 Å². The fourth-order valence-electron chi connectivity index (χ4n) is 3.39. The molecule has 2 amide bonds. The third-order valence-corrected chi connectivity index (χ3v) is 4.85. The lowest BCUT2D eigenvalue weighted by Gasteiger charge is -2.23. The second-order valence-corrected chi connectivity index (χ2v) is 6.87. The summed E-state index contributed by atoms with van der Waals surface area (Å²) in [5.74, 6) is -0.238. The summed E-state index contributed by atoms with van der Waals surface area (Å²) < 4.78 is 0. The third-order valence-electron chi connectivity index (χ3n) is 4.85. The zero-order valence-electron chi connectivity index (χ0n) is 15.6. The van der Waals surface area contributed by atoms with Gasteiger partial charge in [-0.15, -0.1) is 0 Å². The molecule has 2 heterocycles. The van der Waals surface area contributed by atoms with E-state index < -0.39 is 0 Å². The van der Waals surface area contributed by atoms with Gasteiger partial charge >= 0.3 is 0 Å². The maximum atomic E-state index is 13.1. The van der Waals surface area contributed by atoms with Gasteiger partial charge in [0, 0.05) is 37.1 Å². The van der Waals surface area contributed by atoms with Gasteiger partial charge in [-0.25, -0.2) is 0 Å². The minimum Gasteiger partial charge on any atom is -0.340 e. The van der Waals surface area contributed by atoms with Crippen LogP contribution in [0.15, 0.2) is 42.6 Å². The van der Waals surface area contributed by atoms with E-state index in [2.05, 4.69) is 18.0 Å². The van der Waals surface area contributed by atoms with Crippen molar-refractivity contribution in [3.63, 3.8) is 0 Å². The van der Waals surface area contributed by atoms with E-state index >= 15 is 0 Å². The third kappa shape index (κ3) is 3.47. The first-order chi connectivity index (χ1) is 12.5. The zero-order chi connectivity index (χ0) is 18.7. The maximum absolute atomic E-state index is 13.1. The monoisotopic (exact) mass is 351 g/mol. The fourth-order valence-corrected chi connectivity index (χ4v) is 3.39. The van der Waals surface area contributed by atoms with E-state index in [9.17, 15) is 9.59 Å². The summed E-state index contributed by atoms with van der Waals surface area (Å²) in [6, 6.07) is 11.4. The molecular weight excluding hydrogens is 326 g/mol. The van der Waals surface area contributed by atoms with Gasteiger partial charge in [0.2, 0.25) is 0 Å². The van der Waals surface area contributed by atoms with E-state index in [0.29, 0.717) is 17.8 Å². The van der Waals surface area contributed by atoms with Crippen LogP contribution in [0.5, 0.6) is 0 Å². The minimum atomic E-state index is -0.150. The van der Waals surface area contributed by atoms with Gasteiger partial charge in [0.1, 0.15) is 5.69 Å². The van der Waals surface area contributed by atoms with E-state index in [1.807, 2.05) is 30.0 Å². The fraction of sp³-hybridized carbons (Fsp3) is 0.381. The molecule has 1 unspecified atom stereocenters. The van der Waals surface area contributed by atoms with Gasteiger partial charge in [-0.1, -0.05) is 31.5 Å². The smallest absolute Gasteiger partial charge is 0.272 e. The van der Waals surface area contributed by atoms with Crippen LogP contribution >= 0.6 is 0 Å². The van der Waals surface area contributed by atoms with Crippen LogP contribution in [0.3, 0.4) is 0 Å². The zero-order valence-corrected chi connectivity index (χ0v) is 15.6. The lowest BCUT2D eigenvalue weighted by atomic mass is 10.1. The quantitative estimate of drug-likeness (QED) is 0.828. The second kappa shape index (κ2) is 7.68. The molecule has 5 heteroatoms. The average molecular weight is 351 g/mol. The van der Waals surface area contributed by atoms with E-state index in [-0.39, 0.29) is 17.9 Å². The molecule has 1 aliphatic rings. The summed E-state index contributed by atoms with van der Waals surface area (Å²) in [4.78, 5) is 33.3. The number of hydrogen-bond acceptors (Lipinski definition) is 3. The number of unbranched alkanes of at least 4 members (excludes halogenated alkanes) is 1. The predicted octanol–water partition coefficient (Wildman–Crippen LogP) is 3.55. The van der Waals surface area contributed by atoms with Crippen molar-refractivity contribution in [3.05, 3.63) is 59.4 Å². The summed E-state index contributed by atoms with van der Waals surface area (Å²) in [6.45, 7) is 4.82. The molecule has 0 saturated heterocycles. The van der Waals surface area contributed by atoms with Crippen molar-refractivity contribution in [1.82, 2.24) is 9.88 Å². The Balaban J connectivity index is 1.84. The molecule has 136 valence electrons. The largest absolute Gasteiger partial charge is 0.340 e. The molecule has 0 N–H and O–H groups in total. The van der Waals surface area contributed by atoms with Crippen LogP contribution in [-0.2, 0) is 6.42 Å². The van der Waals surface area contributed by atoms with Crippen molar-refractivity contribution in [2.24, 2.45) is 0 Å². The summed E-state index contributed by atoms with van der Waals surface area (Å²) in [7, 11) is 1.77. The number of nitrogens with zero attached hydrogens (tertiary/aromatic N) is 3. The molecule has 1 aliphatic heterocycles. The number of para-hydroxylation sites is 1. The SMILES string of the molecule is CCCCN(C)C(=O)c1cc(C(=O)N2c3ccccc3CC2C)ccn1. The molecule has 0 radical (unpaired) electrons. The van der Waals surface area contributed by atoms with Crippen LogP contribution in [0.1, 0.15) is 53.1 Å². The molecule has 1 aromatic heterocycles. The molecule has 0 saturated carbocycles. The highest BCUT2D eigenvalue weighted by Gasteiger charge is 2.31. The Morgan fingerprint density at radius 2 is 2.04 bits per heavy atom. The van der Waals surface area contributed by atoms with Crippen LogP contribution in [0, 0.1) is 0 Å². The Morgan fingerprint density at radius 1 is 1.27 bits per heavy atom. The normalized spacial score (nSPS) is 15.7. The minimum absolute atomic E-state index is 0.0879. The molecule has 2 aromatic rings. The lowest BCUT2D eigenvalue weighted by Crippen LogP contribution is -2.36. The van der Waals surface area contributed by atoms with Gasteiger partial charge in [0.25, 0.3) is 11.8 Å². The molecule has 1 atom stereocenters. The standard InChI is InChI=1S/C21H25N3O2/c1-4-5-12-23(3)21(26)18-14-17(10-11-22-18)20(25)24-15(2)13-16-8-6-7-9-19(16)24/h6-11,14-15H,4-5,12-13H2,1-3H3. The number of amides is 2. The molecule has 3 rings (SSSR count). The lowest BCUT2D eigenvalue weighted by molar-refractivity contribution is 0.0787. The topological polar surface area (TPSA) is 53.5 Å². The van der Waals surface area contributed by atoms with E-state index in [4.69, 9.17) is 0 Å². The average Bonchev–Trinajstić information content (AvgIpc) is 3.00. The highest BCUT2D eigenvalue weighted by Crippen LogP contribution is 2.33. The number of fused-ring (bicyclic) bond motifs is 1. The molecular formula is C21H25N3O2. The summed E-state index contributed by atoms with van der Waals surface area (Å²) in [6.07, 6.45) is 4.36. The van der Waals surface area contributed by atoms with E-state index in [1.165, 1.54) is 5.56 Å². The Labute approximate surface area is 154 Å². The number of rotatable bonds is 5. The van der Waals surface area contributed by atoms with Gasteiger partial charge in [-0.2, -0.15) is 0 Å². The van der Waals surface area contributed by atoms with Crippen molar-refractivity contribution in [3.8, 4) is 0 Å². The van der Waals surface area contributed by atoms with Gasteiger partial charge < -0.3 is 9.80 Å². The van der Waals surface area contributed by atoms with Gasteiger partial charge in [-0.05, 0) is 43.5 Å². The highest BCUT2D eigenvalue weighted by molar-refractivity contribution is 6.08. The van der Waals surface area contributed by atoms with Crippen molar-refractivity contribution in [2.75, 3.05) is 18.5 Å². The van der Waals surface area contributed by atoms with Crippen LogP contribution in [0.2, 0.25) is 0 Å². The number of benzene rings is 1. The van der Waals surface area contributed by atoms with Crippen LogP contribution in [0.4, 0.5) is 5.69 Å². The van der Waals surface area contributed by atoms with Gasteiger partial charge in [0.15, 0.2) is 0 Å². The van der Waals surface area contributed by atoms with Crippen LogP contribution < -0.4 is 4.90 Å². The number of anilines is 1. The highest BCUT2D eigenvalue weighted by atomic mass is 16.2. The number of aromatic nitrogens is 1. The maximum Gasteiger partial charge on any atom is 0.272 e. The number of pyridine rings is 1. The van der Waals surface area contributed by atoms with Gasteiger partial charge in [-0.3, -0.25) is 14.6 Å². The Hall–Kier alpha value is -2.69. The van der Waals surface area contributed by atoms with Crippen molar-refractivity contribution in [2.45, 2.75) is 39.2 Å². The Morgan fingerprint density at radius 3 is 2.81 bits per heavy atom. The summed E-state index contributed by atoms with van der Waals surface area (Å²) in [5, 5.41) is 0. The Bertz CT molecular complexity index is 818. The summed E-state index contributed by atoms with van der Waals surface area (Å²) in [5.41, 5.74) is 2.94. The summed E-state index contributed by atoms with van der Waals surface area (Å²) >= 11 is 0. The molecule has 0 spiro atoms. The number of carbonyl (C=O) groups is 2. The first-order valence-electron chi connectivity index (χ1n) is 9.16. The van der Waals surface area contributed by atoms with E-state index in [0.717, 1.165) is 24.9 Å². The first-order valence-corrected chi connectivity index (χ1v) is 9.16. The molecule has 0 aliphatic carbocycles. The number of hydrogen-bond donors (Lipinski definition) is 0. The van der Waals surface area contributed by atoms with Gasteiger partial charge in [0.05, 0.1) is 0 Å². The second-order valence-electron chi connectivity index (χ2n) is 6.87. The van der Waals surface area contributed by atoms with E-state index in [1.54, 1.807) is 30.3 Å². The van der Waals surface area contributed by atoms with Crippen molar-refractivity contribution in [1.29, 1.82) is 0 Å². The van der Waals surface area contributed by atoms with Crippen molar-refractivity contribution >= 4 is 17.5 Å². The van der Waals surface area contributed by atoms with Crippen LogP contribution in [0.25, 0.3) is 0 Å².